The van der Waals surface area contributed by atoms with Gasteiger partial charge in [-0.1, -0.05) is 35.9 Å². The van der Waals surface area contributed by atoms with Crippen molar-refractivity contribution in [1.29, 1.82) is 0 Å². The number of carbonyl (C=O) groups excluding carboxylic acids is 1. The highest BCUT2D eigenvalue weighted by Crippen LogP contribution is 2.19. The Bertz CT molecular complexity index is 782. The molecule has 0 atom stereocenters. The number of amides is 1. The molecule has 23 heavy (non-hydrogen) atoms. The fraction of sp³-hybridized carbons (Fsp3) is 0.111. The third kappa shape index (κ3) is 4.17. The Balaban J connectivity index is 1.63. The fourth-order valence-corrected chi connectivity index (χ4v) is 2.69. The minimum Gasteiger partial charge on any atom is -0.348 e. The molecule has 2 aromatic carbocycles. The molecule has 0 radical (unpaired) electrons. The Morgan fingerprint density at radius 3 is 2.74 bits per heavy atom. The Morgan fingerprint density at radius 1 is 1.17 bits per heavy atom. The number of hydrogen-bond acceptors (Lipinski definition) is 4. The summed E-state index contributed by atoms with van der Waals surface area (Å²) in [6.45, 7) is 2.56. The molecule has 5 heteroatoms. The first kappa shape index (κ1) is 15.2. The number of rotatable bonds is 5. The van der Waals surface area contributed by atoms with Crippen LogP contribution in [0.2, 0.25) is 0 Å². The van der Waals surface area contributed by atoms with E-state index in [0.717, 1.165) is 16.4 Å². The fourth-order valence-electron chi connectivity index (χ4n) is 2.14. The zero-order valence-corrected chi connectivity index (χ0v) is 13.6. The lowest BCUT2D eigenvalue weighted by Crippen LogP contribution is -2.22. The van der Waals surface area contributed by atoms with Crippen molar-refractivity contribution in [1.82, 2.24) is 10.3 Å². The molecule has 0 spiro atoms. The first-order valence-electron chi connectivity index (χ1n) is 7.31. The van der Waals surface area contributed by atoms with Gasteiger partial charge in [0.2, 0.25) is 0 Å². The van der Waals surface area contributed by atoms with Gasteiger partial charge < -0.3 is 10.6 Å². The average Bonchev–Trinajstić information content (AvgIpc) is 3.07. The highest BCUT2D eigenvalue weighted by Gasteiger charge is 2.06. The number of hydrogen-bond donors (Lipinski definition) is 2. The van der Waals surface area contributed by atoms with E-state index >= 15 is 0 Å². The highest BCUT2D eigenvalue weighted by molar-refractivity contribution is 7.13. The topological polar surface area (TPSA) is 54.0 Å². The van der Waals surface area contributed by atoms with Crippen molar-refractivity contribution in [2.24, 2.45) is 0 Å². The number of anilines is 2. The molecule has 1 amide bonds. The van der Waals surface area contributed by atoms with Crippen molar-refractivity contribution in [3.63, 3.8) is 0 Å². The molecular formula is C18H17N3OS. The monoisotopic (exact) mass is 323 g/mol. The van der Waals surface area contributed by atoms with Crippen molar-refractivity contribution >= 4 is 28.1 Å². The van der Waals surface area contributed by atoms with E-state index in [1.54, 1.807) is 12.3 Å². The average molecular weight is 323 g/mol. The Hall–Kier alpha value is -2.66. The van der Waals surface area contributed by atoms with Crippen molar-refractivity contribution in [3.8, 4) is 0 Å². The molecule has 116 valence electrons. The number of thiazole rings is 1. The zero-order valence-electron chi connectivity index (χ0n) is 12.7. The van der Waals surface area contributed by atoms with Crippen LogP contribution in [0.25, 0.3) is 0 Å². The predicted molar refractivity (Wildman–Crippen MR) is 94.2 cm³/mol. The van der Waals surface area contributed by atoms with Crippen molar-refractivity contribution in [3.05, 3.63) is 76.8 Å². The molecule has 1 heterocycles. The van der Waals surface area contributed by atoms with Gasteiger partial charge in [-0.25, -0.2) is 4.98 Å². The van der Waals surface area contributed by atoms with Crippen molar-refractivity contribution in [2.45, 2.75) is 13.5 Å². The maximum atomic E-state index is 12.3. The number of aromatic nitrogens is 1. The second-order valence-electron chi connectivity index (χ2n) is 5.21. The summed E-state index contributed by atoms with van der Waals surface area (Å²) in [7, 11) is 0. The van der Waals surface area contributed by atoms with Crippen molar-refractivity contribution in [2.75, 3.05) is 5.32 Å². The van der Waals surface area contributed by atoms with Gasteiger partial charge >= 0.3 is 0 Å². The van der Waals surface area contributed by atoms with Crippen LogP contribution in [0.4, 0.5) is 10.8 Å². The molecule has 3 rings (SSSR count). The minimum atomic E-state index is -0.0895. The summed E-state index contributed by atoms with van der Waals surface area (Å²) < 4.78 is 0. The summed E-state index contributed by atoms with van der Waals surface area (Å²) in [4.78, 5) is 16.5. The molecule has 1 aromatic heterocycles. The summed E-state index contributed by atoms with van der Waals surface area (Å²) in [6.07, 6.45) is 1.74. The van der Waals surface area contributed by atoms with Gasteiger partial charge in [-0.3, -0.25) is 4.79 Å². The third-order valence-corrected chi connectivity index (χ3v) is 4.07. The molecule has 0 bridgehead atoms. The van der Waals surface area contributed by atoms with Gasteiger partial charge in [0.25, 0.3) is 5.91 Å². The summed E-state index contributed by atoms with van der Waals surface area (Å²) in [5, 5.41) is 8.84. The standard InChI is InChI=1S/C18H17N3OS/c1-13-5-7-14(8-6-13)12-20-17(22)15-3-2-4-16(11-15)21-18-19-9-10-23-18/h2-11H,12H2,1H3,(H,19,21)(H,20,22). The minimum absolute atomic E-state index is 0.0895. The number of benzene rings is 2. The normalized spacial score (nSPS) is 10.3. The van der Waals surface area contributed by atoms with Gasteiger partial charge in [-0.15, -0.1) is 11.3 Å². The maximum absolute atomic E-state index is 12.3. The van der Waals surface area contributed by atoms with E-state index in [0.29, 0.717) is 12.1 Å². The summed E-state index contributed by atoms with van der Waals surface area (Å²) in [6, 6.07) is 15.5. The van der Waals surface area contributed by atoms with E-state index in [-0.39, 0.29) is 5.91 Å². The Morgan fingerprint density at radius 2 is 2.00 bits per heavy atom. The van der Waals surface area contributed by atoms with E-state index < -0.39 is 0 Å². The molecule has 0 saturated heterocycles. The number of nitrogens with zero attached hydrogens (tertiary/aromatic N) is 1. The lowest BCUT2D eigenvalue weighted by Gasteiger charge is -2.08. The van der Waals surface area contributed by atoms with Crippen LogP contribution in [0, 0.1) is 6.92 Å². The Kier molecular flexibility index (Phi) is 4.68. The highest BCUT2D eigenvalue weighted by atomic mass is 32.1. The predicted octanol–water partition coefficient (Wildman–Crippen LogP) is 4.13. The van der Waals surface area contributed by atoms with Gasteiger partial charge in [0.1, 0.15) is 0 Å². The van der Waals surface area contributed by atoms with Crippen LogP contribution < -0.4 is 10.6 Å². The van der Waals surface area contributed by atoms with Crippen LogP contribution in [0.1, 0.15) is 21.5 Å². The summed E-state index contributed by atoms with van der Waals surface area (Å²) in [5.41, 5.74) is 3.77. The third-order valence-electron chi connectivity index (χ3n) is 3.38. The van der Waals surface area contributed by atoms with E-state index in [1.807, 2.05) is 54.8 Å². The quantitative estimate of drug-likeness (QED) is 0.742. The number of aryl methyl sites for hydroxylation is 1. The van der Waals surface area contributed by atoms with Crippen LogP contribution in [0.3, 0.4) is 0 Å². The molecule has 0 fully saturated rings. The molecule has 4 nitrogen and oxygen atoms in total. The first-order valence-corrected chi connectivity index (χ1v) is 8.19. The lowest BCUT2D eigenvalue weighted by atomic mass is 10.1. The van der Waals surface area contributed by atoms with Gasteiger partial charge in [0.15, 0.2) is 5.13 Å². The van der Waals surface area contributed by atoms with E-state index in [1.165, 1.54) is 16.9 Å². The smallest absolute Gasteiger partial charge is 0.251 e. The largest absolute Gasteiger partial charge is 0.348 e. The summed E-state index contributed by atoms with van der Waals surface area (Å²) in [5.74, 6) is -0.0895. The van der Waals surface area contributed by atoms with E-state index in [9.17, 15) is 4.79 Å². The van der Waals surface area contributed by atoms with Gasteiger partial charge in [0.05, 0.1) is 0 Å². The van der Waals surface area contributed by atoms with Gasteiger partial charge in [0, 0.05) is 29.4 Å². The first-order chi connectivity index (χ1) is 11.2. The van der Waals surface area contributed by atoms with E-state index in [2.05, 4.69) is 15.6 Å². The second kappa shape index (κ2) is 7.07. The molecule has 0 aliphatic carbocycles. The molecule has 2 N–H and O–H groups in total. The molecular weight excluding hydrogens is 306 g/mol. The SMILES string of the molecule is Cc1ccc(CNC(=O)c2cccc(Nc3nccs3)c2)cc1. The van der Waals surface area contributed by atoms with Crippen LogP contribution in [-0.2, 0) is 6.54 Å². The number of nitrogens with one attached hydrogen (secondary N) is 2. The molecule has 0 aliphatic heterocycles. The number of carbonyl (C=O) groups is 1. The molecule has 0 aliphatic rings. The Labute approximate surface area is 139 Å². The van der Waals surface area contributed by atoms with Crippen LogP contribution in [0.5, 0.6) is 0 Å². The lowest BCUT2D eigenvalue weighted by molar-refractivity contribution is 0.0951. The molecule has 0 unspecified atom stereocenters. The zero-order chi connectivity index (χ0) is 16.1. The maximum Gasteiger partial charge on any atom is 0.251 e. The molecule has 3 aromatic rings. The van der Waals surface area contributed by atoms with Crippen LogP contribution >= 0.6 is 11.3 Å². The van der Waals surface area contributed by atoms with E-state index in [4.69, 9.17) is 0 Å². The van der Waals surface area contributed by atoms with Crippen LogP contribution in [-0.4, -0.2) is 10.9 Å². The molecule has 0 saturated carbocycles. The second-order valence-corrected chi connectivity index (χ2v) is 6.11. The van der Waals surface area contributed by atoms with Crippen LogP contribution in [0.15, 0.2) is 60.1 Å². The summed E-state index contributed by atoms with van der Waals surface area (Å²) >= 11 is 1.52. The van der Waals surface area contributed by atoms with Gasteiger partial charge in [-0.2, -0.15) is 0 Å². The van der Waals surface area contributed by atoms with Gasteiger partial charge in [-0.05, 0) is 30.7 Å². The van der Waals surface area contributed by atoms with Crippen molar-refractivity contribution < 1.29 is 4.79 Å².